The highest BCUT2D eigenvalue weighted by atomic mass is 32.2. The topological polar surface area (TPSA) is 55.4 Å². The van der Waals surface area contributed by atoms with Crippen LogP contribution in [0.5, 0.6) is 5.75 Å². The molecule has 1 N–H and O–H groups in total. The SMILES string of the molecule is CCC1CC=Cc2cccc(S(=O)(=O)NC)c2O1. The lowest BCUT2D eigenvalue weighted by atomic mass is 10.2. The van der Waals surface area contributed by atoms with E-state index in [2.05, 4.69) is 4.72 Å². The molecule has 1 aliphatic rings. The van der Waals surface area contributed by atoms with E-state index in [4.69, 9.17) is 4.74 Å². The average Bonchev–Trinajstić information content (AvgIpc) is 2.59. The molecule has 0 aromatic heterocycles. The number of benzene rings is 1. The first-order valence-electron chi connectivity index (χ1n) is 5.98. The molecule has 0 aliphatic carbocycles. The molecule has 1 unspecified atom stereocenters. The zero-order valence-electron chi connectivity index (χ0n) is 10.5. The van der Waals surface area contributed by atoms with E-state index in [9.17, 15) is 8.42 Å². The standard InChI is InChI=1S/C13H17NO3S/c1-3-11-8-4-6-10-7-5-9-12(13(10)17-11)18(15,16)14-2/h4-7,9,11,14H,3,8H2,1-2H3. The lowest BCUT2D eigenvalue weighted by molar-refractivity contribution is 0.196. The maximum Gasteiger partial charge on any atom is 0.244 e. The van der Waals surface area contributed by atoms with Crippen LogP contribution in [-0.4, -0.2) is 21.6 Å². The number of fused-ring (bicyclic) bond motifs is 1. The first-order chi connectivity index (χ1) is 8.58. The number of nitrogens with one attached hydrogen (secondary N) is 1. The van der Waals surface area contributed by atoms with Crippen molar-refractivity contribution in [3.63, 3.8) is 0 Å². The number of sulfonamides is 1. The second-order valence-corrected chi connectivity index (χ2v) is 6.02. The Morgan fingerprint density at radius 1 is 1.44 bits per heavy atom. The van der Waals surface area contributed by atoms with Crippen molar-refractivity contribution >= 4 is 16.1 Å². The van der Waals surface area contributed by atoms with Crippen LogP contribution in [-0.2, 0) is 10.0 Å². The van der Waals surface area contributed by atoms with E-state index in [1.165, 1.54) is 7.05 Å². The Bertz CT molecular complexity index is 564. The minimum atomic E-state index is -3.50. The van der Waals surface area contributed by atoms with Crippen LogP contribution in [0.25, 0.3) is 6.08 Å². The molecule has 98 valence electrons. The molecule has 1 heterocycles. The first kappa shape index (κ1) is 13.1. The van der Waals surface area contributed by atoms with E-state index in [1.54, 1.807) is 12.1 Å². The van der Waals surface area contributed by atoms with Gasteiger partial charge in [0.15, 0.2) is 0 Å². The van der Waals surface area contributed by atoms with Crippen molar-refractivity contribution in [3.8, 4) is 5.75 Å². The largest absolute Gasteiger partial charge is 0.488 e. The highest BCUT2D eigenvalue weighted by Gasteiger charge is 2.23. The Morgan fingerprint density at radius 3 is 2.89 bits per heavy atom. The van der Waals surface area contributed by atoms with Gasteiger partial charge < -0.3 is 4.74 Å². The highest BCUT2D eigenvalue weighted by Crippen LogP contribution is 2.32. The fourth-order valence-electron chi connectivity index (χ4n) is 1.92. The molecule has 0 saturated heterocycles. The summed E-state index contributed by atoms with van der Waals surface area (Å²) in [5.74, 6) is 0.451. The van der Waals surface area contributed by atoms with Gasteiger partial charge in [-0.05, 0) is 19.5 Å². The molecule has 0 saturated carbocycles. The maximum absolute atomic E-state index is 12.0. The quantitative estimate of drug-likeness (QED) is 0.913. The van der Waals surface area contributed by atoms with Crippen LogP contribution in [0.4, 0.5) is 0 Å². The van der Waals surface area contributed by atoms with E-state index in [0.717, 1.165) is 18.4 Å². The lowest BCUT2D eigenvalue weighted by Gasteiger charge is -2.18. The number of hydrogen-bond donors (Lipinski definition) is 1. The van der Waals surface area contributed by atoms with Gasteiger partial charge in [0.2, 0.25) is 10.0 Å². The molecule has 1 atom stereocenters. The number of ether oxygens (including phenoxy) is 1. The van der Waals surface area contributed by atoms with Gasteiger partial charge in [-0.25, -0.2) is 13.1 Å². The van der Waals surface area contributed by atoms with Gasteiger partial charge in [0, 0.05) is 12.0 Å². The molecule has 2 rings (SSSR count). The van der Waals surface area contributed by atoms with Crippen molar-refractivity contribution in [3.05, 3.63) is 29.8 Å². The van der Waals surface area contributed by atoms with Crippen LogP contribution < -0.4 is 9.46 Å². The average molecular weight is 267 g/mol. The molecule has 1 aromatic carbocycles. The molecule has 4 nitrogen and oxygen atoms in total. The molecule has 0 spiro atoms. The minimum Gasteiger partial charge on any atom is -0.488 e. The molecule has 18 heavy (non-hydrogen) atoms. The summed E-state index contributed by atoms with van der Waals surface area (Å²) in [5.41, 5.74) is 0.808. The summed E-state index contributed by atoms with van der Waals surface area (Å²) in [6.45, 7) is 2.03. The fraction of sp³-hybridized carbons (Fsp3) is 0.385. The van der Waals surface area contributed by atoms with Crippen molar-refractivity contribution in [2.45, 2.75) is 30.8 Å². The molecule has 0 radical (unpaired) electrons. The fourth-order valence-corrected chi connectivity index (χ4v) is 2.81. The Morgan fingerprint density at radius 2 is 2.22 bits per heavy atom. The normalized spacial score (nSPS) is 18.9. The van der Waals surface area contributed by atoms with Crippen LogP contribution in [0.3, 0.4) is 0 Å². The van der Waals surface area contributed by atoms with Gasteiger partial charge in [-0.2, -0.15) is 0 Å². The summed E-state index contributed by atoms with van der Waals surface area (Å²) in [4.78, 5) is 0.201. The minimum absolute atomic E-state index is 0.0238. The van der Waals surface area contributed by atoms with Crippen LogP contribution in [0, 0.1) is 0 Å². The molecular formula is C13H17NO3S. The second-order valence-electron chi connectivity index (χ2n) is 4.17. The summed E-state index contributed by atoms with van der Waals surface area (Å²) in [6.07, 6.45) is 5.60. The lowest BCUT2D eigenvalue weighted by Crippen LogP contribution is -2.21. The number of rotatable bonds is 3. The van der Waals surface area contributed by atoms with Crippen LogP contribution in [0.2, 0.25) is 0 Å². The third kappa shape index (κ3) is 2.42. The van der Waals surface area contributed by atoms with Gasteiger partial charge in [-0.15, -0.1) is 0 Å². The molecule has 0 fully saturated rings. The van der Waals surface area contributed by atoms with Crippen molar-refractivity contribution in [2.75, 3.05) is 7.05 Å². The Balaban J connectivity index is 2.57. The van der Waals surface area contributed by atoms with Gasteiger partial charge in [0.25, 0.3) is 0 Å². The molecule has 0 bridgehead atoms. The second kappa shape index (κ2) is 5.12. The van der Waals surface area contributed by atoms with Crippen molar-refractivity contribution in [1.82, 2.24) is 4.72 Å². The van der Waals surface area contributed by atoms with Gasteiger partial charge in [-0.1, -0.05) is 31.2 Å². The van der Waals surface area contributed by atoms with E-state index in [-0.39, 0.29) is 11.0 Å². The highest BCUT2D eigenvalue weighted by molar-refractivity contribution is 7.89. The van der Waals surface area contributed by atoms with Crippen molar-refractivity contribution < 1.29 is 13.2 Å². The smallest absolute Gasteiger partial charge is 0.244 e. The molecule has 0 amide bonds. The molecule has 5 heteroatoms. The Hall–Kier alpha value is -1.33. The zero-order valence-corrected chi connectivity index (χ0v) is 11.3. The van der Waals surface area contributed by atoms with E-state index >= 15 is 0 Å². The van der Waals surface area contributed by atoms with E-state index < -0.39 is 10.0 Å². The third-order valence-electron chi connectivity index (χ3n) is 3.00. The molecular weight excluding hydrogens is 250 g/mol. The molecule has 1 aromatic rings. The molecule has 1 aliphatic heterocycles. The van der Waals surface area contributed by atoms with Gasteiger partial charge in [0.1, 0.15) is 16.7 Å². The third-order valence-corrected chi connectivity index (χ3v) is 4.44. The number of hydrogen-bond acceptors (Lipinski definition) is 3. The van der Waals surface area contributed by atoms with Crippen molar-refractivity contribution in [1.29, 1.82) is 0 Å². The summed E-state index contributed by atoms with van der Waals surface area (Å²) < 4.78 is 32.1. The zero-order chi connectivity index (χ0) is 13.2. The van der Waals surface area contributed by atoms with Gasteiger partial charge >= 0.3 is 0 Å². The van der Waals surface area contributed by atoms with Crippen LogP contribution in [0.1, 0.15) is 25.3 Å². The van der Waals surface area contributed by atoms with Crippen LogP contribution in [0.15, 0.2) is 29.2 Å². The van der Waals surface area contributed by atoms with E-state index in [1.807, 2.05) is 25.1 Å². The predicted molar refractivity (Wildman–Crippen MR) is 71.0 cm³/mol. The first-order valence-corrected chi connectivity index (χ1v) is 7.46. The van der Waals surface area contributed by atoms with Gasteiger partial charge in [-0.3, -0.25) is 0 Å². The van der Waals surface area contributed by atoms with Crippen molar-refractivity contribution in [2.24, 2.45) is 0 Å². The summed E-state index contributed by atoms with van der Waals surface area (Å²) in [7, 11) is -2.10. The Kier molecular flexibility index (Phi) is 3.73. The Labute approximate surface area is 108 Å². The van der Waals surface area contributed by atoms with E-state index in [0.29, 0.717) is 5.75 Å². The monoisotopic (exact) mass is 267 g/mol. The number of para-hydroxylation sites is 1. The summed E-state index contributed by atoms with van der Waals surface area (Å²) >= 11 is 0. The summed E-state index contributed by atoms with van der Waals surface area (Å²) in [5, 5.41) is 0. The van der Waals surface area contributed by atoms with Crippen LogP contribution >= 0.6 is 0 Å². The predicted octanol–water partition coefficient (Wildman–Crippen LogP) is 2.17. The summed E-state index contributed by atoms with van der Waals surface area (Å²) in [6, 6.07) is 5.15. The maximum atomic E-state index is 12.0. The van der Waals surface area contributed by atoms with Gasteiger partial charge in [0.05, 0.1) is 0 Å².